The number of hydrogen-bond donors (Lipinski definition) is 2. The van der Waals surface area contributed by atoms with Crippen molar-refractivity contribution in [1.29, 1.82) is 0 Å². The number of fused-ring (bicyclic) bond motifs is 1. The van der Waals surface area contributed by atoms with Crippen LogP contribution in [-0.2, 0) is 17.5 Å². The maximum atomic E-state index is 13.1. The number of carbonyl (C=O) groups is 2. The highest BCUT2D eigenvalue weighted by molar-refractivity contribution is 7.20. The smallest absolute Gasteiger partial charge is 0.350 e. The number of benzene rings is 1. The van der Waals surface area contributed by atoms with Crippen LogP contribution in [0, 0.1) is 6.92 Å². The monoisotopic (exact) mass is 521 g/mol. The van der Waals surface area contributed by atoms with Gasteiger partial charge in [0.2, 0.25) is 5.91 Å². The first-order chi connectivity index (χ1) is 17.1. The van der Waals surface area contributed by atoms with Crippen molar-refractivity contribution in [2.24, 2.45) is 0 Å². The maximum Gasteiger partial charge on any atom is 0.416 e. The van der Waals surface area contributed by atoms with E-state index < -0.39 is 29.8 Å². The Labute approximate surface area is 209 Å². The van der Waals surface area contributed by atoms with Crippen LogP contribution in [0.3, 0.4) is 0 Å². The third kappa shape index (κ3) is 5.44. The van der Waals surface area contributed by atoms with Crippen LogP contribution in [0.2, 0.25) is 0 Å². The summed E-state index contributed by atoms with van der Waals surface area (Å²) in [5, 5.41) is 5.59. The Bertz CT molecular complexity index is 1350. The number of thiophene rings is 1. The van der Waals surface area contributed by atoms with E-state index in [2.05, 4.69) is 27.4 Å². The zero-order valence-corrected chi connectivity index (χ0v) is 20.6. The average Bonchev–Trinajstić information content (AvgIpc) is 3.43. The Balaban J connectivity index is 1.48. The van der Waals surface area contributed by atoms with E-state index in [0.717, 1.165) is 54.0 Å². The Morgan fingerprint density at radius 2 is 2.06 bits per heavy atom. The SMILES string of the molecule is CCN1CCC[C@@H]1CNC(=O)c1sc2ncn(CC(=O)Nc3cccc(C(F)(F)F)c3)c(=O)c2c1C. The third-order valence-electron chi connectivity index (χ3n) is 6.31. The highest BCUT2D eigenvalue weighted by Crippen LogP contribution is 2.31. The maximum absolute atomic E-state index is 13.1. The fourth-order valence-corrected chi connectivity index (χ4v) is 5.51. The molecule has 0 aliphatic carbocycles. The summed E-state index contributed by atoms with van der Waals surface area (Å²) in [6.45, 7) is 5.78. The van der Waals surface area contributed by atoms with Crippen molar-refractivity contribution in [3.8, 4) is 0 Å². The lowest BCUT2D eigenvalue weighted by molar-refractivity contribution is -0.137. The number of anilines is 1. The average molecular weight is 522 g/mol. The van der Waals surface area contributed by atoms with Crippen molar-refractivity contribution in [2.45, 2.75) is 45.5 Å². The summed E-state index contributed by atoms with van der Waals surface area (Å²) < 4.78 is 39.8. The number of nitrogens with one attached hydrogen (secondary N) is 2. The second kappa shape index (κ2) is 10.4. The molecule has 4 rings (SSSR count). The van der Waals surface area contributed by atoms with Crippen molar-refractivity contribution in [1.82, 2.24) is 19.8 Å². The molecular formula is C24H26F3N5O3S. The molecule has 192 valence electrons. The van der Waals surface area contributed by atoms with E-state index in [4.69, 9.17) is 0 Å². The van der Waals surface area contributed by atoms with E-state index >= 15 is 0 Å². The molecule has 3 aromatic rings. The van der Waals surface area contributed by atoms with Gasteiger partial charge in [-0.15, -0.1) is 11.3 Å². The van der Waals surface area contributed by atoms with Crippen LogP contribution in [0.4, 0.5) is 18.9 Å². The molecule has 0 saturated carbocycles. The summed E-state index contributed by atoms with van der Waals surface area (Å²) in [5.74, 6) is -0.952. The molecule has 8 nitrogen and oxygen atoms in total. The number of amides is 2. The second-order valence-corrected chi connectivity index (χ2v) is 9.67. The van der Waals surface area contributed by atoms with E-state index in [9.17, 15) is 27.6 Å². The largest absolute Gasteiger partial charge is 0.416 e. The van der Waals surface area contributed by atoms with Crippen molar-refractivity contribution in [3.05, 3.63) is 57.0 Å². The van der Waals surface area contributed by atoms with Crippen LogP contribution in [0.1, 0.15) is 40.6 Å². The van der Waals surface area contributed by atoms with Crippen molar-refractivity contribution < 1.29 is 22.8 Å². The first-order valence-corrected chi connectivity index (χ1v) is 12.4. The van der Waals surface area contributed by atoms with Gasteiger partial charge >= 0.3 is 6.18 Å². The van der Waals surface area contributed by atoms with Crippen LogP contribution < -0.4 is 16.2 Å². The molecule has 0 radical (unpaired) electrons. The molecule has 12 heteroatoms. The molecule has 0 spiro atoms. The lowest BCUT2D eigenvalue weighted by Gasteiger charge is -2.22. The highest BCUT2D eigenvalue weighted by Gasteiger charge is 2.30. The molecule has 1 saturated heterocycles. The summed E-state index contributed by atoms with van der Waals surface area (Å²) >= 11 is 1.11. The Kier molecular flexibility index (Phi) is 7.46. The Hall–Kier alpha value is -3.25. The minimum atomic E-state index is -4.54. The lowest BCUT2D eigenvalue weighted by Crippen LogP contribution is -2.40. The highest BCUT2D eigenvalue weighted by atomic mass is 32.1. The predicted octanol–water partition coefficient (Wildman–Crippen LogP) is 3.64. The fraction of sp³-hybridized carbons (Fsp3) is 0.417. The van der Waals surface area contributed by atoms with Gasteiger partial charge in [-0.3, -0.25) is 23.9 Å². The number of hydrogen-bond acceptors (Lipinski definition) is 6. The molecule has 3 heterocycles. The number of nitrogens with zero attached hydrogens (tertiary/aromatic N) is 3. The van der Waals surface area contributed by atoms with Gasteiger partial charge < -0.3 is 10.6 Å². The van der Waals surface area contributed by atoms with Gasteiger partial charge in [-0.1, -0.05) is 13.0 Å². The normalized spacial score (nSPS) is 16.4. The molecule has 1 aromatic carbocycles. The van der Waals surface area contributed by atoms with Gasteiger partial charge in [-0.25, -0.2) is 4.98 Å². The standard InChI is InChI=1S/C24H26F3N5O3S/c1-3-31-9-5-8-17(31)11-28-21(34)20-14(2)19-22(36-20)29-13-32(23(19)35)12-18(33)30-16-7-4-6-15(10-16)24(25,26)27/h4,6-7,10,13,17H,3,5,8-9,11-12H2,1-2H3,(H,28,34)(H,30,33)/t17-/m1/s1. The number of likely N-dealkylation sites (tertiary alicyclic amines) is 1. The molecule has 0 bridgehead atoms. The molecule has 1 aliphatic rings. The summed E-state index contributed by atoms with van der Waals surface area (Å²) in [6.07, 6.45) is -1.22. The number of rotatable bonds is 7. The first-order valence-electron chi connectivity index (χ1n) is 11.6. The fourth-order valence-electron chi connectivity index (χ4n) is 4.45. The van der Waals surface area contributed by atoms with Crippen LogP contribution in [0.25, 0.3) is 10.2 Å². The van der Waals surface area contributed by atoms with Gasteiger partial charge in [-0.05, 0) is 56.6 Å². The van der Waals surface area contributed by atoms with Crippen molar-refractivity contribution >= 4 is 39.1 Å². The second-order valence-electron chi connectivity index (χ2n) is 8.68. The minimum Gasteiger partial charge on any atom is -0.350 e. The van der Waals surface area contributed by atoms with Crippen LogP contribution in [0.5, 0.6) is 0 Å². The molecular weight excluding hydrogens is 495 g/mol. The van der Waals surface area contributed by atoms with Gasteiger partial charge in [0, 0.05) is 18.3 Å². The summed E-state index contributed by atoms with van der Waals surface area (Å²) in [4.78, 5) is 45.7. The molecule has 36 heavy (non-hydrogen) atoms. The summed E-state index contributed by atoms with van der Waals surface area (Å²) in [6, 6.07) is 4.53. The van der Waals surface area contributed by atoms with E-state index in [0.29, 0.717) is 27.9 Å². The number of aromatic nitrogens is 2. The molecule has 2 amide bonds. The quantitative estimate of drug-likeness (QED) is 0.495. The van der Waals surface area contributed by atoms with Crippen LogP contribution >= 0.6 is 11.3 Å². The molecule has 2 N–H and O–H groups in total. The molecule has 1 aliphatic heterocycles. The number of alkyl halides is 3. The number of aryl methyl sites for hydroxylation is 1. The van der Waals surface area contributed by atoms with Gasteiger partial charge in [0.25, 0.3) is 11.5 Å². The molecule has 0 unspecified atom stereocenters. The summed E-state index contributed by atoms with van der Waals surface area (Å²) in [5.41, 5.74) is -0.946. The third-order valence-corrected chi connectivity index (χ3v) is 7.51. The van der Waals surface area contributed by atoms with Gasteiger partial charge in [-0.2, -0.15) is 13.2 Å². The number of likely N-dealkylation sites (N-methyl/N-ethyl adjacent to an activating group) is 1. The zero-order valence-electron chi connectivity index (χ0n) is 19.8. The van der Waals surface area contributed by atoms with Crippen molar-refractivity contribution in [3.63, 3.8) is 0 Å². The van der Waals surface area contributed by atoms with Crippen LogP contribution in [0.15, 0.2) is 35.4 Å². The minimum absolute atomic E-state index is 0.0357. The van der Waals surface area contributed by atoms with E-state index in [1.54, 1.807) is 6.92 Å². The number of halogens is 3. The topological polar surface area (TPSA) is 96.3 Å². The molecule has 2 aromatic heterocycles. The van der Waals surface area contributed by atoms with Gasteiger partial charge in [0.1, 0.15) is 11.4 Å². The molecule has 1 fully saturated rings. The Morgan fingerprint density at radius 3 is 2.78 bits per heavy atom. The first kappa shape index (κ1) is 25.8. The zero-order chi connectivity index (χ0) is 26.0. The number of carbonyl (C=O) groups excluding carboxylic acids is 2. The van der Waals surface area contributed by atoms with Crippen molar-refractivity contribution in [2.75, 3.05) is 25.0 Å². The van der Waals surface area contributed by atoms with Crippen LogP contribution in [-0.4, -0.2) is 51.9 Å². The van der Waals surface area contributed by atoms with E-state index in [1.807, 2.05) is 0 Å². The van der Waals surface area contributed by atoms with Gasteiger partial charge in [0.15, 0.2) is 0 Å². The Morgan fingerprint density at radius 1 is 1.28 bits per heavy atom. The lowest BCUT2D eigenvalue weighted by atomic mass is 10.2. The van der Waals surface area contributed by atoms with E-state index in [1.165, 1.54) is 18.5 Å². The predicted molar refractivity (Wildman–Crippen MR) is 131 cm³/mol. The van der Waals surface area contributed by atoms with Gasteiger partial charge in [0.05, 0.1) is 22.2 Å². The summed E-state index contributed by atoms with van der Waals surface area (Å²) in [7, 11) is 0. The molecule has 1 atom stereocenters. The van der Waals surface area contributed by atoms with E-state index in [-0.39, 0.29) is 17.0 Å².